The number of cyclic esters (lactones) is 1. The first-order valence-corrected chi connectivity index (χ1v) is 17.5. The molecule has 9 nitrogen and oxygen atoms in total. The first-order valence-electron chi connectivity index (χ1n) is 17.5. The largest absolute Gasteiger partial charge is 0.508 e. The molecule has 3 heterocycles. The van der Waals surface area contributed by atoms with Crippen molar-refractivity contribution in [3.05, 3.63) is 131 Å². The molecule has 51 heavy (non-hydrogen) atoms. The standard InChI is InChI=1S/C42H38N2O7/c45-30-18-16-29(17-19-30)37-42(31-25-26(15-20-32(31)43-40(42)49)21-24-41(50)22-9-1-2-10-23-41)33(38(46)47)35-39(48)51-36(28-13-7-4-8-14-28)34(44(35)37)27-11-5-3-6-12-27/h3-8,11-20,25,33-37,45,50H,1-2,9-10,22-23H2,(H,43,49)(H,46,47)/t33-,34-,35-,36+,37+,42-/m0/s1. The summed E-state index contributed by atoms with van der Waals surface area (Å²) in [5.74, 6) is 2.07. The first-order chi connectivity index (χ1) is 24.7. The van der Waals surface area contributed by atoms with Crippen molar-refractivity contribution in [1.29, 1.82) is 0 Å². The fraction of sp³-hybridized carbons (Fsp3) is 0.310. The van der Waals surface area contributed by atoms with Gasteiger partial charge in [-0.2, -0.15) is 0 Å². The Morgan fingerprint density at radius 1 is 0.804 bits per heavy atom. The van der Waals surface area contributed by atoms with Gasteiger partial charge < -0.3 is 25.4 Å². The lowest BCUT2D eigenvalue weighted by Gasteiger charge is -2.46. The molecule has 4 aliphatic rings. The Labute approximate surface area is 295 Å². The summed E-state index contributed by atoms with van der Waals surface area (Å²) in [5.41, 5.74) is 0.454. The number of anilines is 1. The van der Waals surface area contributed by atoms with Crippen LogP contribution in [-0.2, 0) is 24.5 Å². The molecular weight excluding hydrogens is 644 g/mol. The van der Waals surface area contributed by atoms with E-state index in [0.717, 1.165) is 36.8 Å². The minimum atomic E-state index is -1.82. The average molecular weight is 683 g/mol. The Morgan fingerprint density at radius 3 is 2.10 bits per heavy atom. The number of hydrogen-bond donors (Lipinski definition) is 4. The molecule has 9 heteroatoms. The van der Waals surface area contributed by atoms with Gasteiger partial charge in [0, 0.05) is 11.3 Å². The number of aliphatic carboxylic acids is 1. The second-order valence-electron chi connectivity index (χ2n) is 14.1. The Morgan fingerprint density at radius 2 is 1.45 bits per heavy atom. The lowest BCUT2D eigenvalue weighted by Crippen LogP contribution is -2.52. The molecule has 6 atom stereocenters. The fourth-order valence-corrected chi connectivity index (χ4v) is 8.93. The number of carbonyl (C=O) groups excluding carboxylic acids is 2. The lowest BCUT2D eigenvalue weighted by molar-refractivity contribution is -0.179. The van der Waals surface area contributed by atoms with Crippen LogP contribution < -0.4 is 5.32 Å². The van der Waals surface area contributed by atoms with Gasteiger partial charge in [-0.05, 0) is 78.3 Å². The third-order valence-electron chi connectivity index (χ3n) is 11.2. The molecule has 3 fully saturated rings. The van der Waals surface area contributed by atoms with E-state index < -0.39 is 59.0 Å². The molecule has 4 aromatic carbocycles. The Balaban J connectivity index is 1.37. The van der Waals surface area contributed by atoms with E-state index >= 15 is 0 Å². The summed E-state index contributed by atoms with van der Waals surface area (Å²) in [6, 6.07) is 27.3. The van der Waals surface area contributed by atoms with Gasteiger partial charge in [0.25, 0.3) is 0 Å². The average Bonchev–Trinajstić information content (AvgIpc) is 3.51. The summed E-state index contributed by atoms with van der Waals surface area (Å²) in [6.45, 7) is 0. The number of fused-ring (bicyclic) bond motifs is 3. The molecule has 8 rings (SSSR count). The van der Waals surface area contributed by atoms with E-state index in [-0.39, 0.29) is 5.75 Å². The van der Waals surface area contributed by atoms with Crippen molar-refractivity contribution >= 4 is 23.5 Å². The number of carbonyl (C=O) groups is 3. The molecule has 0 radical (unpaired) electrons. The number of rotatable bonds is 4. The molecule has 1 aliphatic carbocycles. The number of amides is 1. The van der Waals surface area contributed by atoms with Gasteiger partial charge in [0.2, 0.25) is 5.91 Å². The van der Waals surface area contributed by atoms with Crippen LogP contribution in [0.4, 0.5) is 5.69 Å². The summed E-state index contributed by atoms with van der Waals surface area (Å²) >= 11 is 0. The Hall–Kier alpha value is -5.43. The van der Waals surface area contributed by atoms with Gasteiger partial charge >= 0.3 is 11.9 Å². The van der Waals surface area contributed by atoms with E-state index in [1.807, 2.05) is 65.6 Å². The van der Waals surface area contributed by atoms with Gasteiger partial charge in [0.1, 0.15) is 34.8 Å². The van der Waals surface area contributed by atoms with Gasteiger partial charge in [-0.15, -0.1) is 0 Å². The normalized spacial score (nSPS) is 28.1. The van der Waals surface area contributed by atoms with E-state index in [1.165, 1.54) is 12.1 Å². The summed E-state index contributed by atoms with van der Waals surface area (Å²) < 4.78 is 6.25. The van der Waals surface area contributed by atoms with Crippen LogP contribution in [0.2, 0.25) is 0 Å². The SMILES string of the molecule is O=C1O[C@H](c2ccccc2)[C@H](c2ccccc2)N2[C@H]1[C@@H](C(=O)O)[C@]1(C(=O)Nc3ccc(C#CC4(O)CCCCCC4)cc31)[C@H]2c1ccc(O)cc1. The highest BCUT2D eigenvalue weighted by Crippen LogP contribution is 2.64. The molecule has 1 amide bonds. The highest BCUT2D eigenvalue weighted by atomic mass is 16.6. The molecule has 4 N–H and O–H groups in total. The zero-order chi connectivity index (χ0) is 35.3. The Kier molecular flexibility index (Phi) is 8.17. The van der Waals surface area contributed by atoms with Gasteiger partial charge in [-0.25, -0.2) is 0 Å². The summed E-state index contributed by atoms with van der Waals surface area (Å²) in [7, 11) is 0. The monoisotopic (exact) mass is 682 g/mol. The molecule has 2 saturated heterocycles. The van der Waals surface area contributed by atoms with Crippen molar-refractivity contribution < 1.29 is 34.4 Å². The van der Waals surface area contributed by atoms with Crippen LogP contribution in [0.3, 0.4) is 0 Å². The maximum Gasteiger partial charge on any atom is 0.325 e. The summed E-state index contributed by atoms with van der Waals surface area (Å²) in [4.78, 5) is 44.8. The number of benzene rings is 4. The topological polar surface area (TPSA) is 136 Å². The number of esters is 1. The molecule has 0 unspecified atom stereocenters. The predicted octanol–water partition coefficient (Wildman–Crippen LogP) is 6.18. The number of nitrogens with one attached hydrogen (secondary N) is 1. The zero-order valence-electron chi connectivity index (χ0n) is 27.9. The molecular formula is C42H38N2O7. The number of nitrogens with zero attached hydrogens (tertiary/aromatic N) is 1. The van der Waals surface area contributed by atoms with Crippen molar-refractivity contribution in [3.8, 4) is 17.6 Å². The van der Waals surface area contributed by atoms with Crippen LogP contribution in [0.15, 0.2) is 103 Å². The van der Waals surface area contributed by atoms with Gasteiger partial charge in [-0.3, -0.25) is 19.3 Å². The smallest absolute Gasteiger partial charge is 0.325 e. The highest BCUT2D eigenvalue weighted by Gasteiger charge is 2.74. The second-order valence-corrected chi connectivity index (χ2v) is 14.1. The molecule has 1 spiro atoms. The number of phenols is 1. The van der Waals surface area contributed by atoms with E-state index in [2.05, 4.69) is 17.2 Å². The van der Waals surface area contributed by atoms with Crippen molar-refractivity contribution in [2.45, 2.75) is 73.8 Å². The number of carboxylic acid groups (broad SMARTS) is 1. The van der Waals surface area contributed by atoms with Crippen LogP contribution in [0, 0.1) is 17.8 Å². The molecule has 3 aliphatic heterocycles. The zero-order valence-corrected chi connectivity index (χ0v) is 27.9. The first kappa shape index (κ1) is 32.8. The minimum absolute atomic E-state index is 0.00207. The summed E-state index contributed by atoms with van der Waals surface area (Å²) in [6.07, 6.45) is 4.16. The van der Waals surface area contributed by atoms with Gasteiger partial charge in [0.05, 0.1) is 12.1 Å². The Bertz CT molecular complexity index is 2050. The number of morpholine rings is 1. The molecule has 1 saturated carbocycles. The van der Waals surface area contributed by atoms with E-state index in [9.17, 15) is 29.7 Å². The molecule has 0 aromatic heterocycles. The summed E-state index contributed by atoms with van der Waals surface area (Å²) in [5, 5.41) is 35.8. The van der Waals surface area contributed by atoms with E-state index in [4.69, 9.17) is 4.74 Å². The van der Waals surface area contributed by atoms with E-state index in [1.54, 1.807) is 30.3 Å². The maximum atomic E-state index is 14.8. The minimum Gasteiger partial charge on any atom is -0.508 e. The predicted molar refractivity (Wildman–Crippen MR) is 188 cm³/mol. The van der Waals surface area contributed by atoms with Gasteiger partial charge in [-0.1, -0.05) is 97.5 Å². The second kappa shape index (κ2) is 12.7. The number of aliphatic hydroxyl groups is 1. The maximum absolute atomic E-state index is 14.8. The van der Waals surface area contributed by atoms with Crippen molar-refractivity contribution in [3.63, 3.8) is 0 Å². The lowest BCUT2D eigenvalue weighted by atomic mass is 9.65. The third-order valence-corrected chi connectivity index (χ3v) is 11.2. The van der Waals surface area contributed by atoms with Crippen molar-refractivity contribution in [1.82, 2.24) is 4.90 Å². The van der Waals surface area contributed by atoms with Crippen LogP contribution >= 0.6 is 0 Å². The van der Waals surface area contributed by atoms with Crippen LogP contribution in [0.5, 0.6) is 5.75 Å². The highest BCUT2D eigenvalue weighted by molar-refractivity contribution is 6.11. The number of aromatic hydroxyl groups is 1. The third kappa shape index (κ3) is 5.38. The number of hydrogen-bond acceptors (Lipinski definition) is 7. The van der Waals surface area contributed by atoms with Crippen molar-refractivity contribution in [2.75, 3.05) is 5.32 Å². The van der Waals surface area contributed by atoms with Crippen LogP contribution in [0.25, 0.3) is 0 Å². The fourth-order valence-electron chi connectivity index (χ4n) is 8.93. The molecule has 258 valence electrons. The number of phenolic OH excluding ortho intramolecular Hbond substituents is 1. The van der Waals surface area contributed by atoms with E-state index in [0.29, 0.717) is 35.2 Å². The molecule has 0 bridgehead atoms. The molecule has 4 aromatic rings. The van der Waals surface area contributed by atoms with Crippen LogP contribution in [-0.4, -0.2) is 49.7 Å². The van der Waals surface area contributed by atoms with Gasteiger partial charge in [0.15, 0.2) is 0 Å². The number of carboxylic acids is 1. The van der Waals surface area contributed by atoms with Crippen LogP contribution in [0.1, 0.15) is 84.5 Å². The number of ether oxygens (including phenoxy) is 1. The quantitative estimate of drug-likeness (QED) is 0.114. The van der Waals surface area contributed by atoms with Crippen molar-refractivity contribution in [2.24, 2.45) is 5.92 Å².